The molecule has 0 bridgehead atoms. The largest absolute Gasteiger partial charge is 0.257 e. The molecule has 0 amide bonds. The fourth-order valence-electron chi connectivity index (χ4n) is 3.09. The zero-order chi connectivity index (χ0) is 17.2. The molecule has 1 aliphatic rings. The Balaban J connectivity index is 1.74. The van der Waals surface area contributed by atoms with Gasteiger partial charge < -0.3 is 0 Å². The van der Waals surface area contributed by atoms with Crippen LogP contribution >= 0.6 is 23.2 Å². The van der Waals surface area contributed by atoms with Gasteiger partial charge in [0.15, 0.2) is 0 Å². The third kappa shape index (κ3) is 3.41. The second-order valence-electron chi connectivity index (χ2n) is 6.01. The third-order valence-electron chi connectivity index (χ3n) is 4.36. The lowest BCUT2D eigenvalue weighted by atomic mass is 9.98. The van der Waals surface area contributed by atoms with Gasteiger partial charge in [-0.05, 0) is 47.5 Å². The van der Waals surface area contributed by atoms with E-state index >= 15 is 0 Å². The minimum atomic E-state index is 0.160. The summed E-state index contributed by atoms with van der Waals surface area (Å²) in [4.78, 5) is 0. The zero-order valence-electron chi connectivity index (χ0n) is 13.4. The number of hydrazone groups is 1. The van der Waals surface area contributed by atoms with E-state index in [0.29, 0.717) is 0 Å². The van der Waals surface area contributed by atoms with E-state index in [4.69, 9.17) is 28.3 Å². The van der Waals surface area contributed by atoms with Crippen molar-refractivity contribution in [3.8, 4) is 0 Å². The molecule has 4 heteroatoms. The highest BCUT2D eigenvalue weighted by Crippen LogP contribution is 2.37. The summed E-state index contributed by atoms with van der Waals surface area (Å²) in [5, 5.41) is 8.44. The number of hydrogen-bond donors (Lipinski definition) is 0. The summed E-state index contributed by atoms with van der Waals surface area (Å²) in [6.07, 6.45) is 0.842. The molecule has 4 rings (SSSR count). The summed E-state index contributed by atoms with van der Waals surface area (Å²) in [6.45, 7) is 0. The molecule has 2 nitrogen and oxygen atoms in total. The van der Waals surface area contributed by atoms with Gasteiger partial charge >= 0.3 is 0 Å². The number of anilines is 1. The van der Waals surface area contributed by atoms with Crippen LogP contribution in [-0.2, 0) is 0 Å². The fourth-order valence-corrected chi connectivity index (χ4v) is 3.35. The van der Waals surface area contributed by atoms with Gasteiger partial charge in [-0.1, -0.05) is 65.7 Å². The maximum absolute atomic E-state index is 6.04. The average Bonchev–Trinajstić information content (AvgIpc) is 3.09. The Morgan fingerprint density at radius 2 is 1.36 bits per heavy atom. The molecule has 0 fully saturated rings. The summed E-state index contributed by atoms with van der Waals surface area (Å²) >= 11 is 12.1. The molecule has 0 radical (unpaired) electrons. The quantitative estimate of drug-likeness (QED) is 0.527. The van der Waals surface area contributed by atoms with Crippen LogP contribution in [0.5, 0.6) is 0 Å². The molecule has 124 valence electrons. The van der Waals surface area contributed by atoms with Crippen LogP contribution in [-0.4, -0.2) is 5.71 Å². The van der Waals surface area contributed by atoms with Crippen molar-refractivity contribution in [2.45, 2.75) is 12.5 Å². The number of halogens is 2. The molecule has 0 aromatic heterocycles. The summed E-state index contributed by atoms with van der Waals surface area (Å²) in [6, 6.07) is 26.3. The van der Waals surface area contributed by atoms with Crippen LogP contribution in [0.1, 0.15) is 23.6 Å². The molecule has 0 saturated carbocycles. The van der Waals surface area contributed by atoms with Crippen LogP contribution < -0.4 is 5.01 Å². The number of nitrogens with zero attached hydrogens (tertiary/aromatic N) is 2. The first-order chi connectivity index (χ1) is 12.2. The Kier molecular flexibility index (Phi) is 4.48. The van der Waals surface area contributed by atoms with E-state index in [1.54, 1.807) is 0 Å². The molecule has 1 aliphatic heterocycles. The molecule has 0 saturated heterocycles. The minimum absolute atomic E-state index is 0.160. The van der Waals surface area contributed by atoms with Gasteiger partial charge in [-0.15, -0.1) is 0 Å². The summed E-state index contributed by atoms with van der Waals surface area (Å²) in [7, 11) is 0. The van der Waals surface area contributed by atoms with Gasteiger partial charge in [-0.3, -0.25) is 5.01 Å². The van der Waals surface area contributed by atoms with Crippen molar-refractivity contribution in [1.82, 2.24) is 0 Å². The molecule has 3 aromatic rings. The van der Waals surface area contributed by atoms with Crippen molar-refractivity contribution in [2.75, 3.05) is 5.01 Å². The Labute approximate surface area is 157 Å². The van der Waals surface area contributed by atoms with E-state index in [-0.39, 0.29) is 6.04 Å². The highest BCUT2D eigenvalue weighted by atomic mass is 35.5. The first-order valence-electron chi connectivity index (χ1n) is 8.14. The Morgan fingerprint density at radius 1 is 0.760 bits per heavy atom. The second kappa shape index (κ2) is 6.91. The topological polar surface area (TPSA) is 15.6 Å². The van der Waals surface area contributed by atoms with E-state index in [0.717, 1.165) is 33.4 Å². The lowest BCUT2D eigenvalue weighted by molar-refractivity contribution is 0.709. The average molecular weight is 367 g/mol. The standard InChI is InChI=1S/C21H16Cl2N2/c22-17-8-6-15(7-9-17)20-14-21(16-4-2-1-3-5-16)25(24-20)19-12-10-18(23)11-13-19/h1-13,21H,14H2/t21-/m1/s1. The summed E-state index contributed by atoms with van der Waals surface area (Å²) < 4.78 is 0. The minimum Gasteiger partial charge on any atom is -0.257 e. The van der Waals surface area contributed by atoms with E-state index in [1.807, 2.05) is 54.6 Å². The van der Waals surface area contributed by atoms with Crippen LogP contribution in [0.3, 0.4) is 0 Å². The van der Waals surface area contributed by atoms with Gasteiger partial charge in [0.1, 0.15) is 0 Å². The maximum atomic E-state index is 6.04. The smallest absolute Gasteiger partial charge is 0.0831 e. The van der Waals surface area contributed by atoms with Crippen molar-refractivity contribution >= 4 is 34.6 Å². The highest BCUT2D eigenvalue weighted by Gasteiger charge is 2.29. The molecule has 3 aromatic carbocycles. The molecule has 0 spiro atoms. The van der Waals surface area contributed by atoms with Crippen LogP contribution in [0, 0.1) is 0 Å². The van der Waals surface area contributed by atoms with Crippen molar-refractivity contribution in [3.05, 3.63) is 100 Å². The van der Waals surface area contributed by atoms with Gasteiger partial charge in [-0.2, -0.15) is 5.10 Å². The van der Waals surface area contributed by atoms with Crippen molar-refractivity contribution in [3.63, 3.8) is 0 Å². The predicted molar refractivity (Wildman–Crippen MR) is 106 cm³/mol. The maximum Gasteiger partial charge on any atom is 0.0831 e. The molecular weight excluding hydrogens is 351 g/mol. The van der Waals surface area contributed by atoms with Gasteiger partial charge in [-0.25, -0.2) is 0 Å². The SMILES string of the molecule is Clc1ccc(C2=NN(c3ccc(Cl)cc3)[C@@H](c3ccccc3)C2)cc1. The number of benzene rings is 3. The molecular formula is C21H16Cl2N2. The first-order valence-corrected chi connectivity index (χ1v) is 8.89. The summed E-state index contributed by atoms with van der Waals surface area (Å²) in [5.41, 5.74) is 4.43. The van der Waals surface area contributed by atoms with E-state index in [2.05, 4.69) is 29.3 Å². The van der Waals surface area contributed by atoms with Gasteiger partial charge in [0.25, 0.3) is 0 Å². The Hall–Kier alpha value is -2.29. The zero-order valence-corrected chi connectivity index (χ0v) is 15.0. The third-order valence-corrected chi connectivity index (χ3v) is 4.87. The van der Waals surface area contributed by atoms with Crippen molar-refractivity contribution in [1.29, 1.82) is 0 Å². The second-order valence-corrected chi connectivity index (χ2v) is 6.88. The molecule has 0 unspecified atom stereocenters. The van der Waals surface area contributed by atoms with Crippen LogP contribution in [0.15, 0.2) is 84.0 Å². The molecule has 1 atom stereocenters. The van der Waals surface area contributed by atoms with Crippen LogP contribution in [0.4, 0.5) is 5.69 Å². The molecule has 1 heterocycles. The van der Waals surface area contributed by atoms with Crippen LogP contribution in [0.25, 0.3) is 0 Å². The fraction of sp³-hybridized carbons (Fsp3) is 0.0952. The Morgan fingerprint density at radius 3 is 2.00 bits per heavy atom. The van der Waals surface area contributed by atoms with Gasteiger partial charge in [0.2, 0.25) is 0 Å². The molecule has 0 N–H and O–H groups in total. The lowest BCUT2D eigenvalue weighted by Crippen LogP contribution is -2.18. The first kappa shape index (κ1) is 16.2. The van der Waals surface area contributed by atoms with Crippen LogP contribution in [0.2, 0.25) is 10.0 Å². The monoisotopic (exact) mass is 366 g/mol. The highest BCUT2D eigenvalue weighted by molar-refractivity contribution is 6.31. The molecule has 0 aliphatic carbocycles. The van der Waals surface area contributed by atoms with Gasteiger partial charge in [0, 0.05) is 16.5 Å². The van der Waals surface area contributed by atoms with Crippen molar-refractivity contribution < 1.29 is 0 Å². The van der Waals surface area contributed by atoms with E-state index < -0.39 is 0 Å². The van der Waals surface area contributed by atoms with Crippen molar-refractivity contribution in [2.24, 2.45) is 5.10 Å². The Bertz CT molecular complexity index is 887. The predicted octanol–water partition coefficient (Wildman–Crippen LogP) is 6.35. The lowest BCUT2D eigenvalue weighted by Gasteiger charge is -2.24. The number of rotatable bonds is 3. The summed E-state index contributed by atoms with van der Waals surface area (Å²) in [5.74, 6) is 0. The molecule has 25 heavy (non-hydrogen) atoms. The van der Waals surface area contributed by atoms with E-state index in [9.17, 15) is 0 Å². The van der Waals surface area contributed by atoms with E-state index in [1.165, 1.54) is 5.56 Å². The normalized spacial score (nSPS) is 16.8. The van der Waals surface area contributed by atoms with Gasteiger partial charge in [0.05, 0.1) is 17.4 Å². The number of hydrogen-bond acceptors (Lipinski definition) is 2.